The first-order valence-electron chi connectivity index (χ1n) is 7.24. The Balaban J connectivity index is 2.17. The molecular formula is C16H18FN3O2S. The van der Waals surface area contributed by atoms with Crippen molar-refractivity contribution in [3.8, 4) is 11.3 Å². The number of carbonyl (C=O) groups excluding carboxylic acids is 2. The monoisotopic (exact) mass is 335 g/mol. The number of rotatable bonds is 5. The first kappa shape index (κ1) is 17.1. The van der Waals surface area contributed by atoms with E-state index >= 15 is 0 Å². The van der Waals surface area contributed by atoms with Gasteiger partial charge in [0.2, 0.25) is 11.8 Å². The SMILES string of the molecule is CC[C@H](C)C(=O)Nc1nc(-c2ccc(NC(C)=O)cc2F)cs1. The summed E-state index contributed by atoms with van der Waals surface area (Å²) in [6.45, 7) is 5.13. The second kappa shape index (κ2) is 7.32. The summed E-state index contributed by atoms with van der Waals surface area (Å²) in [6.07, 6.45) is 0.739. The largest absolute Gasteiger partial charge is 0.326 e. The van der Waals surface area contributed by atoms with Crippen LogP contribution in [-0.2, 0) is 9.59 Å². The average Bonchev–Trinajstić information content (AvgIpc) is 2.94. The van der Waals surface area contributed by atoms with Gasteiger partial charge in [-0.3, -0.25) is 9.59 Å². The van der Waals surface area contributed by atoms with Crippen molar-refractivity contribution in [3.63, 3.8) is 0 Å². The molecule has 5 nitrogen and oxygen atoms in total. The molecule has 2 aromatic rings. The minimum atomic E-state index is -0.485. The maximum absolute atomic E-state index is 14.2. The lowest BCUT2D eigenvalue weighted by Gasteiger charge is -2.07. The highest BCUT2D eigenvalue weighted by molar-refractivity contribution is 7.14. The van der Waals surface area contributed by atoms with E-state index in [1.54, 1.807) is 17.5 Å². The third-order valence-corrected chi connectivity index (χ3v) is 4.12. The fraction of sp³-hybridized carbons (Fsp3) is 0.312. The van der Waals surface area contributed by atoms with E-state index in [1.807, 2.05) is 13.8 Å². The van der Waals surface area contributed by atoms with Crippen molar-refractivity contribution in [2.24, 2.45) is 5.92 Å². The molecular weight excluding hydrogens is 317 g/mol. The van der Waals surface area contributed by atoms with Crippen molar-refractivity contribution in [3.05, 3.63) is 29.4 Å². The molecule has 7 heteroatoms. The van der Waals surface area contributed by atoms with Crippen LogP contribution in [0, 0.1) is 11.7 Å². The van der Waals surface area contributed by atoms with Crippen LogP contribution in [0.25, 0.3) is 11.3 Å². The smallest absolute Gasteiger partial charge is 0.228 e. The van der Waals surface area contributed by atoms with E-state index in [4.69, 9.17) is 0 Å². The van der Waals surface area contributed by atoms with Gasteiger partial charge in [0.25, 0.3) is 0 Å². The minimum absolute atomic E-state index is 0.101. The molecule has 2 rings (SSSR count). The molecule has 122 valence electrons. The molecule has 1 heterocycles. The summed E-state index contributed by atoms with van der Waals surface area (Å²) < 4.78 is 14.2. The van der Waals surface area contributed by atoms with Crippen LogP contribution in [0.3, 0.4) is 0 Å². The van der Waals surface area contributed by atoms with Crippen molar-refractivity contribution in [2.45, 2.75) is 27.2 Å². The Kier molecular flexibility index (Phi) is 5.44. The van der Waals surface area contributed by atoms with Gasteiger partial charge in [0.05, 0.1) is 5.69 Å². The number of aromatic nitrogens is 1. The number of nitrogens with zero attached hydrogens (tertiary/aromatic N) is 1. The van der Waals surface area contributed by atoms with Crippen LogP contribution in [0.5, 0.6) is 0 Å². The second-order valence-electron chi connectivity index (χ2n) is 5.21. The van der Waals surface area contributed by atoms with E-state index in [1.165, 1.54) is 24.3 Å². The van der Waals surface area contributed by atoms with Gasteiger partial charge in [-0.1, -0.05) is 13.8 Å². The van der Waals surface area contributed by atoms with Crippen molar-refractivity contribution in [2.75, 3.05) is 10.6 Å². The number of anilines is 2. The molecule has 0 saturated heterocycles. The van der Waals surface area contributed by atoms with Crippen LogP contribution in [0.2, 0.25) is 0 Å². The quantitative estimate of drug-likeness (QED) is 0.871. The molecule has 1 aromatic heterocycles. The van der Waals surface area contributed by atoms with Crippen molar-refractivity contribution in [1.29, 1.82) is 0 Å². The molecule has 1 atom stereocenters. The van der Waals surface area contributed by atoms with Gasteiger partial charge < -0.3 is 10.6 Å². The zero-order valence-corrected chi connectivity index (χ0v) is 14.0. The Morgan fingerprint density at radius 1 is 1.35 bits per heavy atom. The van der Waals surface area contributed by atoms with E-state index < -0.39 is 5.82 Å². The van der Waals surface area contributed by atoms with E-state index in [-0.39, 0.29) is 17.7 Å². The predicted octanol–water partition coefficient (Wildman–Crippen LogP) is 3.89. The molecule has 0 aliphatic heterocycles. The average molecular weight is 335 g/mol. The van der Waals surface area contributed by atoms with Crippen LogP contribution in [0.4, 0.5) is 15.2 Å². The second-order valence-corrected chi connectivity index (χ2v) is 6.07. The van der Waals surface area contributed by atoms with Crippen LogP contribution < -0.4 is 10.6 Å². The maximum atomic E-state index is 14.2. The van der Waals surface area contributed by atoms with Crippen molar-refractivity contribution in [1.82, 2.24) is 4.98 Å². The lowest BCUT2D eigenvalue weighted by Crippen LogP contribution is -2.19. The van der Waals surface area contributed by atoms with E-state index in [9.17, 15) is 14.0 Å². The summed E-state index contributed by atoms with van der Waals surface area (Å²) in [6, 6.07) is 4.40. The van der Waals surface area contributed by atoms with Crippen molar-refractivity contribution < 1.29 is 14.0 Å². The minimum Gasteiger partial charge on any atom is -0.326 e. The Bertz CT molecular complexity index is 730. The fourth-order valence-corrected chi connectivity index (χ4v) is 2.59. The molecule has 23 heavy (non-hydrogen) atoms. The molecule has 0 radical (unpaired) electrons. The van der Waals surface area contributed by atoms with Gasteiger partial charge in [-0.2, -0.15) is 0 Å². The van der Waals surface area contributed by atoms with Gasteiger partial charge in [-0.15, -0.1) is 11.3 Å². The van der Waals surface area contributed by atoms with Gasteiger partial charge >= 0.3 is 0 Å². The van der Waals surface area contributed by atoms with Gasteiger partial charge in [-0.25, -0.2) is 9.37 Å². The van der Waals surface area contributed by atoms with E-state index in [2.05, 4.69) is 15.6 Å². The molecule has 1 aromatic carbocycles. The van der Waals surface area contributed by atoms with Crippen LogP contribution in [0.1, 0.15) is 27.2 Å². The predicted molar refractivity (Wildman–Crippen MR) is 89.9 cm³/mol. The summed E-state index contributed by atoms with van der Waals surface area (Å²) in [5, 5.41) is 7.37. The normalized spacial score (nSPS) is 11.8. The topological polar surface area (TPSA) is 71.1 Å². The van der Waals surface area contributed by atoms with Crippen LogP contribution >= 0.6 is 11.3 Å². The first-order valence-corrected chi connectivity index (χ1v) is 8.12. The maximum Gasteiger partial charge on any atom is 0.228 e. The molecule has 0 spiro atoms. The van der Waals surface area contributed by atoms with E-state index in [0.717, 1.165) is 6.42 Å². The number of amides is 2. The summed E-state index contributed by atoms with van der Waals surface area (Å²) >= 11 is 1.24. The molecule has 0 saturated carbocycles. The highest BCUT2D eigenvalue weighted by Gasteiger charge is 2.15. The molecule has 0 fully saturated rings. The summed E-state index contributed by atoms with van der Waals surface area (Å²) in [4.78, 5) is 27.1. The molecule has 0 aliphatic carbocycles. The molecule has 0 bridgehead atoms. The van der Waals surface area contributed by atoms with Crippen LogP contribution in [-0.4, -0.2) is 16.8 Å². The Labute approximate surface area is 137 Å². The zero-order valence-electron chi connectivity index (χ0n) is 13.1. The lowest BCUT2D eigenvalue weighted by atomic mass is 10.1. The van der Waals surface area contributed by atoms with Gasteiger partial charge in [0.1, 0.15) is 5.82 Å². The lowest BCUT2D eigenvalue weighted by molar-refractivity contribution is -0.119. The third-order valence-electron chi connectivity index (χ3n) is 3.36. The Hall–Kier alpha value is -2.28. The molecule has 0 unspecified atom stereocenters. The molecule has 0 aliphatic rings. The third kappa shape index (κ3) is 4.35. The van der Waals surface area contributed by atoms with Gasteiger partial charge in [0.15, 0.2) is 5.13 Å². The Morgan fingerprint density at radius 2 is 2.09 bits per heavy atom. The zero-order chi connectivity index (χ0) is 17.0. The number of hydrogen-bond donors (Lipinski definition) is 2. The number of hydrogen-bond acceptors (Lipinski definition) is 4. The number of benzene rings is 1. The number of thiazole rings is 1. The van der Waals surface area contributed by atoms with E-state index in [0.29, 0.717) is 22.1 Å². The van der Waals surface area contributed by atoms with Gasteiger partial charge in [-0.05, 0) is 24.6 Å². The highest BCUT2D eigenvalue weighted by atomic mass is 32.1. The number of nitrogens with one attached hydrogen (secondary N) is 2. The van der Waals surface area contributed by atoms with Crippen LogP contribution in [0.15, 0.2) is 23.6 Å². The highest BCUT2D eigenvalue weighted by Crippen LogP contribution is 2.29. The first-order chi connectivity index (χ1) is 10.9. The summed E-state index contributed by atoms with van der Waals surface area (Å²) in [5.74, 6) is -0.951. The Morgan fingerprint density at radius 3 is 2.70 bits per heavy atom. The molecule has 2 amide bonds. The van der Waals surface area contributed by atoms with Gasteiger partial charge in [0, 0.05) is 29.5 Å². The summed E-state index contributed by atoms with van der Waals surface area (Å²) in [5.41, 5.74) is 1.15. The van der Waals surface area contributed by atoms with Crippen molar-refractivity contribution >= 4 is 34.0 Å². The fourth-order valence-electron chi connectivity index (χ4n) is 1.87. The molecule has 2 N–H and O–H groups in total. The summed E-state index contributed by atoms with van der Waals surface area (Å²) in [7, 11) is 0. The standard InChI is InChI=1S/C16H18FN3O2S/c1-4-9(2)15(22)20-16-19-14(8-23-16)12-6-5-11(7-13(12)17)18-10(3)21/h5-9H,4H2,1-3H3,(H,18,21)(H,19,20,22)/t9-/m0/s1. The number of halogens is 1. The number of carbonyl (C=O) groups is 2.